The Labute approximate surface area is 150 Å². The minimum Gasteiger partial charge on any atom is -0.384 e. The molecule has 25 heavy (non-hydrogen) atoms. The molecule has 1 aromatic carbocycles. The third kappa shape index (κ3) is 3.30. The zero-order valence-electron chi connectivity index (χ0n) is 14.1. The van der Waals surface area contributed by atoms with Gasteiger partial charge < -0.3 is 10.1 Å². The smallest absolute Gasteiger partial charge is 0.252 e. The molecule has 2 heterocycles. The summed E-state index contributed by atoms with van der Waals surface area (Å²) in [5.41, 5.74) is 2.40. The van der Waals surface area contributed by atoms with E-state index < -0.39 is 0 Å². The number of aromatic nitrogens is 1. The molecule has 1 N–H and O–H groups in total. The van der Waals surface area contributed by atoms with Crippen LogP contribution in [0.1, 0.15) is 23.2 Å². The number of para-hydroxylation sites is 1. The highest BCUT2D eigenvalue weighted by Crippen LogP contribution is 2.30. The van der Waals surface area contributed by atoms with Gasteiger partial charge in [0.2, 0.25) is 0 Å². The van der Waals surface area contributed by atoms with Crippen molar-refractivity contribution in [3.63, 3.8) is 0 Å². The summed E-state index contributed by atoms with van der Waals surface area (Å²) in [7, 11) is 1.72. The summed E-state index contributed by atoms with van der Waals surface area (Å²) in [6.07, 6.45) is 1.97. The van der Waals surface area contributed by atoms with Crippen LogP contribution in [-0.2, 0) is 4.74 Å². The largest absolute Gasteiger partial charge is 0.384 e. The first-order valence-electron chi connectivity index (χ1n) is 8.48. The monoisotopic (exact) mass is 352 g/mol. The highest BCUT2D eigenvalue weighted by Gasteiger charge is 2.30. The van der Waals surface area contributed by atoms with Gasteiger partial charge in [0.1, 0.15) is 0 Å². The van der Waals surface area contributed by atoms with Crippen LogP contribution in [0, 0.1) is 5.92 Å². The molecule has 1 amide bonds. The minimum atomic E-state index is -0.0164. The lowest BCUT2D eigenvalue weighted by Crippen LogP contribution is -2.45. The Morgan fingerprint density at radius 1 is 1.28 bits per heavy atom. The van der Waals surface area contributed by atoms with E-state index in [1.807, 2.05) is 47.8 Å². The van der Waals surface area contributed by atoms with E-state index in [9.17, 15) is 4.79 Å². The Morgan fingerprint density at radius 2 is 2.12 bits per heavy atom. The van der Waals surface area contributed by atoms with E-state index in [0.29, 0.717) is 11.5 Å². The van der Waals surface area contributed by atoms with Crippen LogP contribution >= 0.6 is 11.3 Å². The summed E-state index contributed by atoms with van der Waals surface area (Å²) >= 11 is 1.63. The number of hydrogen-bond acceptors (Lipinski definition) is 4. The molecule has 3 aromatic rings. The number of pyridine rings is 1. The minimum absolute atomic E-state index is 0.0164. The number of amides is 1. The maximum atomic E-state index is 12.9. The third-order valence-electron chi connectivity index (χ3n) is 4.71. The molecule has 1 aliphatic rings. The average molecular weight is 352 g/mol. The fraction of sp³-hybridized carbons (Fsp3) is 0.300. The van der Waals surface area contributed by atoms with E-state index in [4.69, 9.17) is 9.72 Å². The van der Waals surface area contributed by atoms with Crippen molar-refractivity contribution in [2.45, 2.75) is 18.9 Å². The number of carbonyl (C=O) groups excluding carboxylic acids is 1. The Bertz CT molecular complexity index is 886. The molecule has 0 atom stereocenters. The third-order valence-corrected chi connectivity index (χ3v) is 5.60. The molecule has 4 nitrogen and oxygen atoms in total. The van der Waals surface area contributed by atoms with Crippen molar-refractivity contribution in [3.05, 3.63) is 53.4 Å². The van der Waals surface area contributed by atoms with Gasteiger partial charge in [0, 0.05) is 25.1 Å². The van der Waals surface area contributed by atoms with Gasteiger partial charge in [0.15, 0.2) is 0 Å². The number of methoxy groups -OCH3 is 1. The molecule has 2 aromatic heterocycles. The molecular weight excluding hydrogens is 332 g/mol. The van der Waals surface area contributed by atoms with Crippen LogP contribution in [0.15, 0.2) is 47.8 Å². The van der Waals surface area contributed by atoms with Gasteiger partial charge in [-0.15, -0.1) is 11.3 Å². The van der Waals surface area contributed by atoms with Crippen molar-refractivity contribution < 1.29 is 9.53 Å². The molecular formula is C20H20N2O2S. The number of rotatable bonds is 5. The van der Waals surface area contributed by atoms with Gasteiger partial charge in [-0.3, -0.25) is 4.79 Å². The van der Waals surface area contributed by atoms with Crippen LogP contribution in [0.25, 0.3) is 21.5 Å². The van der Waals surface area contributed by atoms with Crippen molar-refractivity contribution >= 4 is 28.1 Å². The second-order valence-corrected chi connectivity index (χ2v) is 7.46. The van der Waals surface area contributed by atoms with Crippen molar-refractivity contribution in [1.29, 1.82) is 0 Å². The zero-order chi connectivity index (χ0) is 17.2. The first-order valence-corrected chi connectivity index (χ1v) is 9.36. The molecule has 0 spiro atoms. The topological polar surface area (TPSA) is 51.2 Å². The van der Waals surface area contributed by atoms with Crippen LogP contribution in [0.2, 0.25) is 0 Å². The predicted octanol–water partition coefficient (Wildman–Crippen LogP) is 4.12. The van der Waals surface area contributed by atoms with Crippen molar-refractivity contribution in [2.24, 2.45) is 5.92 Å². The fourth-order valence-electron chi connectivity index (χ4n) is 3.40. The number of ether oxygens (including phenoxy) is 1. The van der Waals surface area contributed by atoms with E-state index in [-0.39, 0.29) is 11.9 Å². The quantitative estimate of drug-likeness (QED) is 0.751. The molecule has 0 radical (unpaired) electrons. The van der Waals surface area contributed by atoms with E-state index in [1.165, 1.54) is 0 Å². The Balaban J connectivity index is 1.62. The molecule has 128 valence electrons. The summed E-state index contributed by atoms with van der Waals surface area (Å²) in [4.78, 5) is 18.7. The fourth-order valence-corrected chi connectivity index (χ4v) is 4.09. The van der Waals surface area contributed by atoms with Crippen LogP contribution < -0.4 is 5.32 Å². The van der Waals surface area contributed by atoms with Crippen LogP contribution in [-0.4, -0.2) is 30.6 Å². The van der Waals surface area contributed by atoms with Crippen molar-refractivity contribution in [1.82, 2.24) is 10.3 Å². The maximum Gasteiger partial charge on any atom is 0.252 e. The Kier molecular flexibility index (Phi) is 4.51. The number of carbonyl (C=O) groups is 1. The van der Waals surface area contributed by atoms with E-state index in [2.05, 4.69) is 5.32 Å². The van der Waals surface area contributed by atoms with Gasteiger partial charge >= 0.3 is 0 Å². The molecule has 0 saturated heterocycles. The van der Waals surface area contributed by atoms with Crippen LogP contribution in [0.4, 0.5) is 0 Å². The maximum absolute atomic E-state index is 12.9. The molecule has 0 unspecified atom stereocenters. The lowest BCUT2D eigenvalue weighted by molar-refractivity contribution is 0.0738. The number of nitrogens with zero attached hydrogens (tertiary/aromatic N) is 1. The van der Waals surface area contributed by atoms with Crippen LogP contribution in [0.5, 0.6) is 0 Å². The first-order chi connectivity index (χ1) is 12.2. The number of benzene rings is 1. The first kappa shape index (κ1) is 16.2. The summed E-state index contributed by atoms with van der Waals surface area (Å²) in [6, 6.07) is 14.0. The zero-order valence-corrected chi connectivity index (χ0v) is 14.9. The molecule has 4 rings (SSSR count). The highest BCUT2D eigenvalue weighted by atomic mass is 32.1. The SMILES string of the molecule is COCC1CC(NC(=O)c2cc(-c3cccs3)nc3ccccc23)C1. The second kappa shape index (κ2) is 6.94. The molecule has 0 aliphatic heterocycles. The molecule has 5 heteroatoms. The van der Waals surface area contributed by atoms with Gasteiger partial charge in [-0.2, -0.15) is 0 Å². The highest BCUT2D eigenvalue weighted by molar-refractivity contribution is 7.13. The van der Waals surface area contributed by atoms with Gasteiger partial charge in [-0.05, 0) is 42.3 Å². The van der Waals surface area contributed by atoms with Crippen molar-refractivity contribution in [2.75, 3.05) is 13.7 Å². The summed E-state index contributed by atoms with van der Waals surface area (Å²) < 4.78 is 5.18. The van der Waals surface area contributed by atoms with Gasteiger partial charge in [0.25, 0.3) is 5.91 Å². The lowest BCUT2D eigenvalue weighted by atomic mass is 9.80. The average Bonchev–Trinajstić information content (AvgIpc) is 3.13. The summed E-state index contributed by atoms with van der Waals surface area (Å²) in [6.45, 7) is 0.771. The van der Waals surface area contributed by atoms with E-state index in [1.54, 1.807) is 18.4 Å². The van der Waals surface area contributed by atoms with Crippen LogP contribution in [0.3, 0.4) is 0 Å². The summed E-state index contributed by atoms with van der Waals surface area (Å²) in [5, 5.41) is 6.09. The number of fused-ring (bicyclic) bond motifs is 1. The molecule has 1 fully saturated rings. The van der Waals surface area contributed by atoms with Gasteiger partial charge in [-0.1, -0.05) is 24.3 Å². The normalized spacial score (nSPS) is 19.6. The lowest BCUT2D eigenvalue weighted by Gasteiger charge is -2.35. The Hall–Kier alpha value is -2.24. The molecule has 1 saturated carbocycles. The molecule has 0 bridgehead atoms. The van der Waals surface area contributed by atoms with Crippen molar-refractivity contribution in [3.8, 4) is 10.6 Å². The predicted molar refractivity (Wildman–Crippen MR) is 101 cm³/mol. The number of hydrogen-bond donors (Lipinski definition) is 1. The van der Waals surface area contributed by atoms with Gasteiger partial charge in [0.05, 0.1) is 21.7 Å². The number of nitrogens with one attached hydrogen (secondary N) is 1. The Morgan fingerprint density at radius 3 is 2.88 bits per heavy atom. The number of thiophene rings is 1. The molecule has 1 aliphatic carbocycles. The standard InChI is InChI=1S/C20H20N2O2S/c1-24-12-13-9-14(10-13)21-20(23)16-11-18(19-7-4-8-25-19)22-17-6-3-2-5-15(16)17/h2-8,11,13-14H,9-10,12H2,1H3,(H,21,23). The second-order valence-electron chi connectivity index (χ2n) is 6.51. The summed E-state index contributed by atoms with van der Waals surface area (Å²) in [5.74, 6) is 0.545. The van der Waals surface area contributed by atoms with Gasteiger partial charge in [-0.25, -0.2) is 4.98 Å². The van der Waals surface area contributed by atoms with E-state index in [0.717, 1.165) is 40.9 Å². The van der Waals surface area contributed by atoms with E-state index >= 15 is 0 Å².